The fourth-order valence-corrected chi connectivity index (χ4v) is 2.71. The number of sulfone groups is 1. The third kappa shape index (κ3) is 6.63. The quantitative estimate of drug-likeness (QED) is 0.643. The summed E-state index contributed by atoms with van der Waals surface area (Å²) >= 11 is 0. The smallest absolute Gasteiger partial charge is 0.237 e. The molecule has 0 saturated carbocycles. The van der Waals surface area contributed by atoms with Crippen LogP contribution in [-0.4, -0.2) is 50.4 Å². The molecule has 0 radical (unpaired) electrons. The van der Waals surface area contributed by atoms with Gasteiger partial charge in [-0.15, -0.1) is 0 Å². The van der Waals surface area contributed by atoms with Crippen molar-refractivity contribution < 1.29 is 13.2 Å². The van der Waals surface area contributed by atoms with Gasteiger partial charge in [0.25, 0.3) is 0 Å². The number of hydrogen-bond acceptors (Lipinski definition) is 4. The summed E-state index contributed by atoms with van der Waals surface area (Å²) < 4.78 is 23.3. The molecule has 1 amide bonds. The van der Waals surface area contributed by atoms with Crippen molar-refractivity contribution in [2.45, 2.75) is 39.2 Å². The molecular weight excluding hydrogens is 240 g/mol. The predicted octanol–water partition coefficient (Wildman–Crippen LogP) is 0.397. The Bertz CT molecular complexity index is 328. The van der Waals surface area contributed by atoms with Crippen molar-refractivity contribution in [3.05, 3.63) is 0 Å². The minimum atomic E-state index is -3.27. The van der Waals surface area contributed by atoms with Gasteiger partial charge in [-0.1, -0.05) is 19.8 Å². The highest BCUT2D eigenvalue weighted by Gasteiger charge is 2.21. The van der Waals surface area contributed by atoms with E-state index in [1.54, 1.807) is 14.0 Å². The SMILES string of the molecule is CCCCCS(=O)(=O)CC(=O)N(C)C(C)CN. The van der Waals surface area contributed by atoms with E-state index in [0.717, 1.165) is 12.8 Å². The lowest BCUT2D eigenvalue weighted by molar-refractivity contribution is -0.128. The van der Waals surface area contributed by atoms with E-state index in [1.807, 2.05) is 6.92 Å². The summed E-state index contributed by atoms with van der Waals surface area (Å²) in [5.41, 5.74) is 5.43. The van der Waals surface area contributed by atoms with Crippen molar-refractivity contribution >= 4 is 15.7 Å². The molecule has 0 aliphatic rings. The second-order valence-corrected chi connectivity index (χ2v) is 6.57. The second kappa shape index (κ2) is 7.66. The van der Waals surface area contributed by atoms with Crippen molar-refractivity contribution in [1.82, 2.24) is 4.90 Å². The predicted molar refractivity (Wildman–Crippen MR) is 69.5 cm³/mol. The Hall–Kier alpha value is -0.620. The van der Waals surface area contributed by atoms with E-state index in [4.69, 9.17) is 5.73 Å². The summed E-state index contributed by atoms with van der Waals surface area (Å²) in [6.45, 7) is 4.13. The summed E-state index contributed by atoms with van der Waals surface area (Å²) in [7, 11) is -1.69. The molecule has 2 N–H and O–H groups in total. The Balaban J connectivity index is 4.27. The van der Waals surface area contributed by atoms with Crippen LogP contribution in [0, 0.1) is 0 Å². The lowest BCUT2D eigenvalue weighted by Gasteiger charge is -2.23. The van der Waals surface area contributed by atoms with Crippen LogP contribution in [0.15, 0.2) is 0 Å². The first-order valence-electron chi connectivity index (χ1n) is 6.00. The maximum atomic E-state index is 11.7. The van der Waals surface area contributed by atoms with E-state index in [-0.39, 0.29) is 17.7 Å². The number of carbonyl (C=O) groups excluding carboxylic acids is 1. The van der Waals surface area contributed by atoms with Crippen molar-refractivity contribution in [3.8, 4) is 0 Å². The van der Waals surface area contributed by atoms with E-state index in [0.29, 0.717) is 13.0 Å². The molecule has 1 unspecified atom stereocenters. The van der Waals surface area contributed by atoms with Crippen LogP contribution >= 0.6 is 0 Å². The number of nitrogens with zero attached hydrogens (tertiary/aromatic N) is 1. The number of unbranched alkanes of at least 4 members (excludes halogenated alkanes) is 2. The van der Waals surface area contributed by atoms with E-state index in [2.05, 4.69) is 0 Å². The van der Waals surface area contributed by atoms with Gasteiger partial charge in [0.05, 0.1) is 5.75 Å². The van der Waals surface area contributed by atoms with Crippen molar-refractivity contribution in [2.75, 3.05) is 25.1 Å². The molecule has 0 aromatic rings. The minimum Gasteiger partial charge on any atom is -0.341 e. The normalized spacial score (nSPS) is 13.4. The maximum absolute atomic E-state index is 11.7. The van der Waals surface area contributed by atoms with Gasteiger partial charge in [0.2, 0.25) is 5.91 Å². The van der Waals surface area contributed by atoms with E-state index in [9.17, 15) is 13.2 Å². The van der Waals surface area contributed by atoms with Gasteiger partial charge in [0.1, 0.15) is 5.75 Å². The zero-order valence-electron chi connectivity index (χ0n) is 11.0. The van der Waals surface area contributed by atoms with Crippen LogP contribution in [0.2, 0.25) is 0 Å². The molecule has 0 aromatic carbocycles. The van der Waals surface area contributed by atoms with Gasteiger partial charge in [0, 0.05) is 19.6 Å². The minimum absolute atomic E-state index is 0.0947. The summed E-state index contributed by atoms with van der Waals surface area (Å²) in [6.07, 6.45) is 2.47. The molecule has 0 fully saturated rings. The van der Waals surface area contributed by atoms with Crippen molar-refractivity contribution in [3.63, 3.8) is 0 Å². The molecule has 1 atom stereocenters. The van der Waals surface area contributed by atoms with Crippen LogP contribution in [0.3, 0.4) is 0 Å². The number of nitrogens with two attached hydrogens (primary N) is 1. The summed E-state index contributed by atoms with van der Waals surface area (Å²) in [6, 6.07) is -0.131. The van der Waals surface area contributed by atoms with Crippen LogP contribution in [0.25, 0.3) is 0 Å². The second-order valence-electron chi connectivity index (χ2n) is 4.39. The van der Waals surface area contributed by atoms with Crippen molar-refractivity contribution in [1.29, 1.82) is 0 Å². The highest BCUT2D eigenvalue weighted by atomic mass is 32.2. The molecule has 0 aromatic heterocycles. The zero-order chi connectivity index (χ0) is 13.5. The third-order valence-corrected chi connectivity index (χ3v) is 4.40. The first-order chi connectivity index (χ1) is 7.84. The fraction of sp³-hybridized carbons (Fsp3) is 0.909. The molecule has 17 heavy (non-hydrogen) atoms. The Morgan fingerprint density at radius 1 is 1.35 bits per heavy atom. The third-order valence-electron chi connectivity index (χ3n) is 2.80. The first-order valence-corrected chi connectivity index (χ1v) is 7.82. The Kier molecular flexibility index (Phi) is 7.38. The monoisotopic (exact) mass is 264 g/mol. The number of carbonyl (C=O) groups is 1. The Morgan fingerprint density at radius 3 is 2.41 bits per heavy atom. The molecule has 6 heteroatoms. The molecule has 102 valence electrons. The average molecular weight is 264 g/mol. The van der Waals surface area contributed by atoms with Gasteiger partial charge in [-0.25, -0.2) is 8.42 Å². The van der Waals surface area contributed by atoms with Gasteiger partial charge >= 0.3 is 0 Å². The first kappa shape index (κ1) is 16.4. The fourth-order valence-electron chi connectivity index (χ4n) is 1.34. The van der Waals surface area contributed by atoms with Crippen LogP contribution in [0.5, 0.6) is 0 Å². The lowest BCUT2D eigenvalue weighted by atomic mass is 10.3. The molecule has 0 bridgehead atoms. The van der Waals surface area contributed by atoms with Gasteiger partial charge < -0.3 is 10.6 Å². The van der Waals surface area contributed by atoms with Gasteiger partial charge in [-0.3, -0.25) is 4.79 Å². The van der Waals surface area contributed by atoms with Crippen LogP contribution < -0.4 is 5.73 Å². The number of likely N-dealkylation sites (N-methyl/N-ethyl adjacent to an activating group) is 1. The van der Waals surface area contributed by atoms with Gasteiger partial charge in [0.15, 0.2) is 9.84 Å². The maximum Gasteiger partial charge on any atom is 0.237 e. The number of hydrogen-bond donors (Lipinski definition) is 1. The van der Waals surface area contributed by atoms with Gasteiger partial charge in [-0.2, -0.15) is 0 Å². The van der Waals surface area contributed by atoms with E-state index in [1.165, 1.54) is 4.90 Å². The van der Waals surface area contributed by atoms with Crippen LogP contribution in [0.4, 0.5) is 0 Å². The van der Waals surface area contributed by atoms with Crippen LogP contribution in [0.1, 0.15) is 33.1 Å². The molecule has 0 aliphatic heterocycles. The largest absolute Gasteiger partial charge is 0.341 e. The Labute approximate surface area is 104 Å². The molecule has 0 heterocycles. The van der Waals surface area contributed by atoms with Crippen LogP contribution in [-0.2, 0) is 14.6 Å². The Morgan fingerprint density at radius 2 is 1.94 bits per heavy atom. The molecule has 0 saturated heterocycles. The molecule has 0 spiro atoms. The molecular formula is C11H24N2O3S. The number of rotatable bonds is 8. The summed E-state index contributed by atoms with van der Waals surface area (Å²) in [5.74, 6) is -0.686. The van der Waals surface area contributed by atoms with E-state index >= 15 is 0 Å². The zero-order valence-corrected chi connectivity index (χ0v) is 11.8. The highest BCUT2D eigenvalue weighted by Crippen LogP contribution is 2.03. The topological polar surface area (TPSA) is 80.5 Å². The molecule has 0 aliphatic carbocycles. The summed E-state index contributed by atoms with van der Waals surface area (Å²) in [4.78, 5) is 13.1. The van der Waals surface area contributed by atoms with Gasteiger partial charge in [-0.05, 0) is 13.3 Å². The lowest BCUT2D eigenvalue weighted by Crippen LogP contribution is -2.42. The number of amides is 1. The summed E-state index contributed by atoms with van der Waals surface area (Å²) in [5, 5.41) is 0. The highest BCUT2D eigenvalue weighted by molar-refractivity contribution is 7.92. The average Bonchev–Trinajstić information content (AvgIpc) is 2.26. The standard InChI is InChI=1S/C11H24N2O3S/c1-4-5-6-7-17(15,16)9-11(14)13(3)10(2)8-12/h10H,4-9,12H2,1-3H3. The molecule has 5 nitrogen and oxygen atoms in total. The van der Waals surface area contributed by atoms with E-state index < -0.39 is 15.6 Å². The van der Waals surface area contributed by atoms with Crippen molar-refractivity contribution in [2.24, 2.45) is 5.73 Å². The molecule has 0 rings (SSSR count).